The molecule has 2 heterocycles. The molecule has 0 spiro atoms. The molecule has 6 nitrogen and oxygen atoms in total. The lowest BCUT2D eigenvalue weighted by Gasteiger charge is -2.11. The molecule has 0 bridgehead atoms. The number of nitrogens with zero attached hydrogens (tertiary/aromatic N) is 1. The third-order valence-corrected chi connectivity index (χ3v) is 3.18. The van der Waals surface area contributed by atoms with Gasteiger partial charge in [0.25, 0.3) is 5.91 Å². The van der Waals surface area contributed by atoms with E-state index in [1.54, 1.807) is 12.3 Å². The van der Waals surface area contributed by atoms with Gasteiger partial charge in [-0.25, -0.2) is 5.48 Å². The number of fused-ring (bicyclic) bond motifs is 1. The lowest BCUT2D eigenvalue weighted by atomic mass is 10.2. The van der Waals surface area contributed by atoms with E-state index >= 15 is 0 Å². The predicted molar refractivity (Wildman–Crippen MR) is 75.7 cm³/mol. The summed E-state index contributed by atoms with van der Waals surface area (Å²) in [6.45, 7) is 1.05. The van der Waals surface area contributed by atoms with Gasteiger partial charge in [0, 0.05) is 24.6 Å². The second-order valence-corrected chi connectivity index (χ2v) is 4.75. The van der Waals surface area contributed by atoms with E-state index in [2.05, 4.69) is 10.5 Å². The standard InChI is InChI=1S/C15H16N2O4/c18-14(17-21-12-6-8-19-9-12)10-20-13-5-1-3-11-4-2-7-16-15(11)13/h1-5,7,12H,6,8-10H2,(H,17,18). The minimum atomic E-state index is -0.338. The first-order valence-electron chi connectivity index (χ1n) is 6.82. The van der Waals surface area contributed by atoms with Crippen LogP contribution in [0.4, 0.5) is 0 Å². The molecule has 1 fully saturated rings. The lowest BCUT2D eigenvalue weighted by Crippen LogP contribution is -2.33. The Bertz CT molecular complexity index is 621. The van der Waals surface area contributed by atoms with Crippen LogP contribution in [-0.2, 0) is 14.4 Å². The summed E-state index contributed by atoms with van der Waals surface area (Å²) in [5.41, 5.74) is 3.11. The third-order valence-electron chi connectivity index (χ3n) is 3.18. The number of rotatable bonds is 5. The molecular weight excluding hydrogens is 272 g/mol. The van der Waals surface area contributed by atoms with E-state index in [9.17, 15) is 4.79 Å². The van der Waals surface area contributed by atoms with Crippen molar-refractivity contribution >= 4 is 16.8 Å². The molecule has 21 heavy (non-hydrogen) atoms. The first-order chi connectivity index (χ1) is 10.3. The highest BCUT2D eigenvalue weighted by Gasteiger charge is 2.17. The summed E-state index contributed by atoms with van der Waals surface area (Å²) in [6.07, 6.45) is 2.40. The summed E-state index contributed by atoms with van der Waals surface area (Å²) >= 11 is 0. The first-order valence-corrected chi connectivity index (χ1v) is 6.82. The lowest BCUT2D eigenvalue weighted by molar-refractivity contribution is -0.140. The van der Waals surface area contributed by atoms with Crippen LogP contribution < -0.4 is 10.2 Å². The maximum absolute atomic E-state index is 11.7. The molecule has 110 valence electrons. The maximum atomic E-state index is 11.7. The van der Waals surface area contributed by atoms with Crippen LogP contribution in [-0.4, -0.2) is 36.8 Å². The van der Waals surface area contributed by atoms with Crippen molar-refractivity contribution in [2.24, 2.45) is 0 Å². The van der Waals surface area contributed by atoms with Crippen molar-refractivity contribution in [1.29, 1.82) is 0 Å². The molecule has 0 radical (unpaired) electrons. The molecule has 1 amide bonds. The average Bonchev–Trinajstić information content (AvgIpc) is 3.04. The van der Waals surface area contributed by atoms with Gasteiger partial charge in [0.15, 0.2) is 6.61 Å². The summed E-state index contributed by atoms with van der Waals surface area (Å²) in [5, 5.41) is 0.967. The van der Waals surface area contributed by atoms with E-state index in [4.69, 9.17) is 14.3 Å². The quantitative estimate of drug-likeness (QED) is 0.843. The van der Waals surface area contributed by atoms with E-state index < -0.39 is 0 Å². The molecule has 0 aliphatic carbocycles. The molecule has 2 aromatic rings. The van der Waals surface area contributed by atoms with Gasteiger partial charge in [-0.1, -0.05) is 18.2 Å². The maximum Gasteiger partial charge on any atom is 0.281 e. The Balaban J connectivity index is 1.54. The SMILES string of the molecule is O=C(COc1cccc2cccnc12)NOC1CCOC1. The molecule has 1 atom stereocenters. The largest absolute Gasteiger partial charge is 0.481 e. The zero-order valence-electron chi connectivity index (χ0n) is 11.5. The summed E-state index contributed by atoms with van der Waals surface area (Å²) in [7, 11) is 0. The minimum Gasteiger partial charge on any atom is -0.481 e. The van der Waals surface area contributed by atoms with Crippen molar-refractivity contribution < 1.29 is 19.1 Å². The Morgan fingerprint density at radius 3 is 3.14 bits per heavy atom. The van der Waals surface area contributed by atoms with Gasteiger partial charge in [0.2, 0.25) is 0 Å². The van der Waals surface area contributed by atoms with Gasteiger partial charge in [-0.3, -0.25) is 14.6 Å². The van der Waals surface area contributed by atoms with E-state index in [0.29, 0.717) is 19.0 Å². The molecule has 1 aliphatic heterocycles. The number of ether oxygens (including phenoxy) is 2. The Morgan fingerprint density at radius 2 is 2.29 bits per heavy atom. The Labute approximate surface area is 122 Å². The van der Waals surface area contributed by atoms with Crippen molar-refractivity contribution in [3.8, 4) is 5.75 Å². The number of hydrogen-bond acceptors (Lipinski definition) is 5. The molecule has 1 aromatic heterocycles. The Morgan fingerprint density at radius 1 is 1.38 bits per heavy atom. The van der Waals surface area contributed by atoms with E-state index in [-0.39, 0.29) is 18.6 Å². The highest BCUT2D eigenvalue weighted by Crippen LogP contribution is 2.22. The number of hydroxylamine groups is 1. The van der Waals surface area contributed by atoms with Gasteiger partial charge in [-0.2, -0.15) is 0 Å². The first kappa shape index (κ1) is 13.8. The van der Waals surface area contributed by atoms with Crippen LogP contribution >= 0.6 is 0 Å². The number of carbonyl (C=O) groups is 1. The number of para-hydroxylation sites is 1. The van der Waals surface area contributed by atoms with E-state index in [0.717, 1.165) is 17.3 Å². The number of carbonyl (C=O) groups excluding carboxylic acids is 1. The summed E-state index contributed by atoms with van der Waals surface area (Å²) in [4.78, 5) is 21.2. The number of pyridine rings is 1. The average molecular weight is 288 g/mol. The highest BCUT2D eigenvalue weighted by atomic mass is 16.7. The number of hydrogen-bond donors (Lipinski definition) is 1. The van der Waals surface area contributed by atoms with E-state index in [1.807, 2.05) is 24.3 Å². The van der Waals surface area contributed by atoms with Gasteiger partial charge in [-0.05, 0) is 12.1 Å². The fraction of sp³-hybridized carbons (Fsp3) is 0.333. The van der Waals surface area contributed by atoms with Gasteiger partial charge in [0.05, 0.1) is 6.61 Å². The number of amides is 1. The highest BCUT2D eigenvalue weighted by molar-refractivity contribution is 5.84. The summed E-state index contributed by atoms with van der Waals surface area (Å²) < 4.78 is 10.7. The van der Waals surface area contributed by atoms with Gasteiger partial charge in [-0.15, -0.1) is 0 Å². The molecule has 1 unspecified atom stereocenters. The van der Waals surface area contributed by atoms with Gasteiger partial charge in [0.1, 0.15) is 17.4 Å². The molecule has 3 rings (SSSR count). The predicted octanol–water partition coefficient (Wildman–Crippen LogP) is 1.45. The van der Waals surface area contributed by atoms with Gasteiger partial charge >= 0.3 is 0 Å². The Kier molecular flexibility index (Phi) is 4.28. The summed E-state index contributed by atoms with van der Waals surface area (Å²) in [5.74, 6) is 0.238. The molecule has 1 aliphatic rings. The minimum absolute atomic E-state index is 0.0758. The zero-order chi connectivity index (χ0) is 14.5. The Hall–Kier alpha value is -2.18. The van der Waals surface area contributed by atoms with Crippen molar-refractivity contribution in [1.82, 2.24) is 10.5 Å². The monoisotopic (exact) mass is 288 g/mol. The smallest absolute Gasteiger partial charge is 0.281 e. The van der Waals surface area contributed by atoms with Crippen molar-refractivity contribution in [2.75, 3.05) is 19.8 Å². The summed E-state index contributed by atoms with van der Waals surface area (Å²) in [6, 6.07) is 9.39. The fourth-order valence-electron chi connectivity index (χ4n) is 2.12. The van der Waals surface area contributed by atoms with Crippen LogP contribution in [0.25, 0.3) is 10.9 Å². The van der Waals surface area contributed by atoms with Crippen LogP contribution in [0, 0.1) is 0 Å². The van der Waals surface area contributed by atoms with Crippen molar-refractivity contribution in [3.05, 3.63) is 36.5 Å². The van der Waals surface area contributed by atoms with Gasteiger partial charge < -0.3 is 9.47 Å². The molecule has 6 heteroatoms. The van der Waals surface area contributed by atoms with Crippen LogP contribution in [0.5, 0.6) is 5.75 Å². The fourth-order valence-corrected chi connectivity index (χ4v) is 2.12. The molecule has 1 saturated heterocycles. The normalized spacial score (nSPS) is 17.8. The number of benzene rings is 1. The van der Waals surface area contributed by atoms with Crippen molar-refractivity contribution in [3.63, 3.8) is 0 Å². The number of nitrogens with one attached hydrogen (secondary N) is 1. The van der Waals surface area contributed by atoms with Crippen molar-refractivity contribution in [2.45, 2.75) is 12.5 Å². The topological polar surface area (TPSA) is 69.7 Å². The zero-order valence-corrected chi connectivity index (χ0v) is 11.5. The van der Waals surface area contributed by atoms with Crippen LogP contribution in [0.15, 0.2) is 36.5 Å². The molecule has 1 aromatic carbocycles. The molecular formula is C15H16N2O4. The second-order valence-electron chi connectivity index (χ2n) is 4.75. The van der Waals surface area contributed by atoms with E-state index in [1.165, 1.54) is 0 Å². The van der Waals surface area contributed by atoms with Crippen LogP contribution in [0.1, 0.15) is 6.42 Å². The number of aromatic nitrogens is 1. The molecule has 0 saturated carbocycles. The van der Waals surface area contributed by atoms with Crippen LogP contribution in [0.3, 0.4) is 0 Å². The third kappa shape index (κ3) is 3.48. The second kappa shape index (κ2) is 6.51. The molecule has 1 N–H and O–H groups in total. The van der Waals surface area contributed by atoms with Crippen LogP contribution in [0.2, 0.25) is 0 Å².